The third-order valence-corrected chi connectivity index (χ3v) is 5.65. The summed E-state index contributed by atoms with van der Waals surface area (Å²) in [5.74, 6) is 4.35. The maximum Gasteiger partial charge on any atom is 0.0681 e. The Bertz CT molecular complexity index is 373. The monoisotopic (exact) mass is 248 g/mol. The number of rotatable bonds is 4. The fourth-order valence-corrected chi connectivity index (χ4v) is 4.62. The van der Waals surface area contributed by atoms with Crippen molar-refractivity contribution in [2.75, 3.05) is 5.75 Å². The number of benzene rings is 1. The van der Waals surface area contributed by atoms with Crippen LogP contribution in [0.15, 0.2) is 29.2 Å². The van der Waals surface area contributed by atoms with Crippen LogP contribution in [-0.4, -0.2) is 10.9 Å². The molecule has 3 atom stereocenters. The van der Waals surface area contributed by atoms with Crippen LogP contribution in [0.5, 0.6) is 0 Å². The first-order valence-electron chi connectivity index (χ1n) is 6.68. The summed E-state index contributed by atoms with van der Waals surface area (Å²) in [7, 11) is 0. The number of hydrogen-bond acceptors (Lipinski definition) is 2. The van der Waals surface area contributed by atoms with Crippen LogP contribution in [0.4, 0.5) is 0 Å². The van der Waals surface area contributed by atoms with Crippen LogP contribution in [0, 0.1) is 17.8 Å². The summed E-state index contributed by atoms with van der Waals surface area (Å²) < 4.78 is 0. The Morgan fingerprint density at radius 1 is 1.12 bits per heavy atom. The molecule has 2 heteroatoms. The molecular formula is C15H20OS. The van der Waals surface area contributed by atoms with Gasteiger partial charge in [-0.3, -0.25) is 0 Å². The second kappa shape index (κ2) is 5.03. The van der Waals surface area contributed by atoms with Gasteiger partial charge in [0.25, 0.3) is 0 Å². The maximum atomic E-state index is 9.00. The van der Waals surface area contributed by atoms with E-state index in [1.807, 2.05) is 23.9 Å². The summed E-state index contributed by atoms with van der Waals surface area (Å²) in [6.45, 7) is 0.150. The molecular weight excluding hydrogens is 228 g/mol. The largest absolute Gasteiger partial charge is 0.392 e. The minimum atomic E-state index is 0.150. The smallest absolute Gasteiger partial charge is 0.0681 e. The van der Waals surface area contributed by atoms with E-state index in [2.05, 4.69) is 12.1 Å². The molecule has 1 aromatic carbocycles. The van der Waals surface area contributed by atoms with E-state index in [-0.39, 0.29) is 6.61 Å². The van der Waals surface area contributed by atoms with Gasteiger partial charge in [0.15, 0.2) is 0 Å². The van der Waals surface area contributed by atoms with Crippen LogP contribution in [0.25, 0.3) is 0 Å². The van der Waals surface area contributed by atoms with E-state index in [1.54, 1.807) is 0 Å². The molecule has 0 aromatic heterocycles. The predicted molar refractivity (Wildman–Crippen MR) is 72.0 cm³/mol. The fraction of sp³-hybridized carbons (Fsp3) is 0.600. The second-order valence-electron chi connectivity index (χ2n) is 5.55. The van der Waals surface area contributed by atoms with Crippen molar-refractivity contribution in [2.24, 2.45) is 17.8 Å². The molecule has 0 saturated heterocycles. The Labute approximate surface area is 108 Å². The summed E-state index contributed by atoms with van der Waals surface area (Å²) >= 11 is 1.99. The standard InChI is InChI=1S/C15H20OS/c16-9-11-2-5-15(6-3-11)17-10-14-8-12-1-4-13(14)7-12/h2-3,5-6,12-14,16H,1,4,7-10H2. The molecule has 17 heavy (non-hydrogen) atoms. The number of aliphatic hydroxyl groups excluding tert-OH is 1. The van der Waals surface area contributed by atoms with Crippen molar-refractivity contribution in [3.8, 4) is 0 Å². The molecule has 3 rings (SSSR count). The van der Waals surface area contributed by atoms with Crippen LogP contribution in [0.3, 0.4) is 0 Å². The molecule has 0 heterocycles. The first kappa shape index (κ1) is 11.6. The van der Waals surface area contributed by atoms with Gasteiger partial charge in [0.2, 0.25) is 0 Å². The molecule has 2 aliphatic rings. The van der Waals surface area contributed by atoms with Gasteiger partial charge in [0.05, 0.1) is 6.61 Å². The lowest BCUT2D eigenvalue weighted by molar-refractivity contribution is 0.282. The highest BCUT2D eigenvalue weighted by Crippen LogP contribution is 2.49. The van der Waals surface area contributed by atoms with E-state index in [1.165, 1.54) is 36.3 Å². The lowest BCUT2D eigenvalue weighted by atomic mass is 9.90. The minimum Gasteiger partial charge on any atom is -0.392 e. The van der Waals surface area contributed by atoms with Crippen molar-refractivity contribution in [3.05, 3.63) is 29.8 Å². The molecule has 2 aliphatic carbocycles. The lowest BCUT2D eigenvalue weighted by Crippen LogP contribution is -2.12. The Morgan fingerprint density at radius 3 is 2.53 bits per heavy atom. The first-order valence-corrected chi connectivity index (χ1v) is 7.66. The fourth-order valence-electron chi connectivity index (χ4n) is 3.47. The zero-order valence-electron chi connectivity index (χ0n) is 10.1. The minimum absolute atomic E-state index is 0.150. The molecule has 0 aliphatic heterocycles. The predicted octanol–water partition coefficient (Wildman–Crippen LogP) is 3.71. The average Bonchev–Trinajstić information content (AvgIpc) is 2.99. The topological polar surface area (TPSA) is 20.2 Å². The molecule has 92 valence electrons. The summed E-state index contributed by atoms with van der Waals surface area (Å²) in [5.41, 5.74) is 1.01. The molecule has 2 bridgehead atoms. The zero-order valence-corrected chi connectivity index (χ0v) is 11.0. The van der Waals surface area contributed by atoms with Crippen LogP contribution in [-0.2, 0) is 6.61 Å². The van der Waals surface area contributed by atoms with E-state index >= 15 is 0 Å². The summed E-state index contributed by atoms with van der Waals surface area (Å²) in [5, 5.41) is 9.00. The second-order valence-corrected chi connectivity index (χ2v) is 6.64. The van der Waals surface area contributed by atoms with Crippen LogP contribution >= 0.6 is 11.8 Å². The Kier molecular flexibility index (Phi) is 3.44. The number of fused-ring (bicyclic) bond motifs is 2. The Hall–Kier alpha value is -0.470. The molecule has 0 spiro atoms. The zero-order chi connectivity index (χ0) is 11.7. The third-order valence-electron chi connectivity index (χ3n) is 4.45. The van der Waals surface area contributed by atoms with E-state index in [9.17, 15) is 0 Å². The van der Waals surface area contributed by atoms with Gasteiger partial charge in [-0.15, -0.1) is 11.8 Å². The van der Waals surface area contributed by atoms with E-state index < -0.39 is 0 Å². The SMILES string of the molecule is OCc1ccc(SCC2CC3CCC2C3)cc1. The summed E-state index contributed by atoms with van der Waals surface area (Å²) in [6, 6.07) is 8.35. The van der Waals surface area contributed by atoms with Gasteiger partial charge >= 0.3 is 0 Å². The molecule has 2 saturated carbocycles. The van der Waals surface area contributed by atoms with E-state index in [4.69, 9.17) is 5.11 Å². The maximum absolute atomic E-state index is 9.00. The molecule has 1 aromatic rings. The molecule has 2 fully saturated rings. The first-order chi connectivity index (χ1) is 8.35. The van der Waals surface area contributed by atoms with Crippen molar-refractivity contribution >= 4 is 11.8 Å². The lowest BCUT2D eigenvalue weighted by Gasteiger charge is -2.20. The van der Waals surface area contributed by atoms with Gasteiger partial charge in [0.1, 0.15) is 0 Å². The average molecular weight is 248 g/mol. The van der Waals surface area contributed by atoms with Gasteiger partial charge in [-0.05, 0) is 54.7 Å². The quantitative estimate of drug-likeness (QED) is 0.820. The van der Waals surface area contributed by atoms with Crippen molar-refractivity contribution in [1.82, 2.24) is 0 Å². The summed E-state index contributed by atoms with van der Waals surface area (Å²) in [6.07, 6.45) is 5.97. The van der Waals surface area contributed by atoms with Gasteiger partial charge in [0, 0.05) is 10.6 Å². The third kappa shape index (κ3) is 2.53. The number of aliphatic hydroxyl groups is 1. The van der Waals surface area contributed by atoms with Crippen molar-refractivity contribution in [2.45, 2.75) is 37.2 Å². The van der Waals surface area contributed by atoms with E-state index in [0.717, 1.165) is 23.3 Å². The van der Waals surface area contributed by atoms with Crippen LogP contribution in [0.2, 0.25) is 0 Å². The molecule has 0 amide bonds. The molecule has 1 nitrogen and oxygen atoms in total. The normalized spacial score (nSPS) is 31.0. The molecule has 1 N–H and O–H groups in total. The van der Waals surface area contributed by atoms with Gasteiger partial charge < -0.3 is 5.11 Å². The molecule has 0 radical (unpaired) electrons. The summed E-state index contributed by atoms with van der Waals surface area (Å²) in [4.78, 5) is 1.35. The van der Waals surface area contributed by atoms with Crippen molar-refractivity contribution < 1.29 is 5.11 Å². The number of thioether (sulfide) groups is 1. The van der Waals surface area contributed by atoms with Gasteiger partial charge in [-0.1, -0.05) is 18.6 Å². The highest BCUT2D eigenvalue weighted by Gasteiger charge is 2.38. The van der Waals surface area contributed by atoms with Crippen LogP contribution in [0.1, 0.15) is 31.2 Å². The van der Waals surface area contributed by atoms with Gasteiger partial charge in [-0.2, -0.15) is 0 Å². The Balaban J connectivity index is 1.53. The van der Waals surface area contributed by atoms with Gasteiger partial charge in [-0.25, -0.2) is 0 Å². The van der Waals surface area contributed by atoms with Crippen molar-refractivity contribution in [3.63, 3.8) is 0 Å². The highest BCUT2D eigenvalue weighted by molar-refractivity contribution is 7.99. The highest BCUT2D eigenvalue weighted by atomic mass is 32.2. The van der Waals surface area contributed by atoms with Crippen LogP contribution < -0.4 is 0 Å². The number of hydrogen-bond donors (Lipinski definition) is 1. The Morgan fingerprint density at radius 2 is 1.94 bits per heavy atom. The van der Waals surface area contributed by atoms with Crippen molar-refractivity contribution in [1.29, 1.82) is 0 Å². The van der Waals surface area contributed by atoms with E-state index in [0.29, 0.717) is 0 Å². The molecule has 3 unspecified atom stereocenters.